The lowest BCUT2D eigenvalue weighted by Crippen LogP contribution is -2.20. The topological polar surface area (TPSA) is 60.7 Å². The molecule has 0 saturated carbocycles. The number of benzene rings is 2. The molecule has 0 radical (unpaired) electrons. The molecule has 0 atom stereocenters. The lowest BCUT2D eigenvalue weighted by molar-refractivity contribution is 0.627. The van der Waals surface area contributed by atoms with E-state index in [1.165, 1.54) is 30.2 Å². The molecule has 0 N–H and O–H groups in total. The van der Waals surface area contributed by atoms with Crippen molar-refractivity contribution in [3.8, 4) is 0 Å². The number of aromatic nitrogens is 4. The molecule has 0 aliphatic carbocycles. The Kier molecular flexibility index (Phi) is 6.29. The largest absolute Gasteiger partial charge is 0.323 e. The molecule has 5 nitrogen and oxygen atoms in total. The fourth-order valence-corrected chi connectivity index (χ4v) is 3.94. The molecular weight excluding hydrogens is 399 g/mol. The molecule has 0 aliphatic rings. The van der Waals surface area contributed by atoms with Gasteiger partial charge in [0.15, 0.2) is 5.16 Å². The van der Waals surface area contributed by atoms with Crippen LogP contribution in [0.15, 0.2) is 89.5 Å². The van der Waals surface area contributed by atoms with Crippen molar-refractivity contribution in [2.24, 2.45) is 0 Å². The molecule has 0 amide bonds. The number of hydrogen-bond donors (Lipinski definition) is 0. The third-order valence-corrected chi connectivity index (χ3v) is 5.58. The Labute approximate surface area is 177 Å². The quantitative estimate of drug-likeness (QED) is 0.334. The Bertz CT molecular complexity index is 1170. The summed E-state index contributed by atoms with van der Waals surface area (Å²) < 4.78 is 15.1. The summed E-state index contributed by atoms with van der Waals surface area (Å²) in [6.45, 7) is 0.595. The molecule has 4 rings (SSSR count). The van der Waals surface area contributed by atoms with Crippen LogP contribution in [0.2, 0.25) is 0 Å². The molecule has 0 unspecified atom stereocenters. The zero-order valence-corrected chi connectivity index (χ0v) is 16.9. The van der Waals surface area contributed by atoms with Gasteiger partial charge in [-0.2, -0.15) is 4.98 Å². The van der Waals surface area contributed by atoms with E-state index in [0.717, 1.165) is 16.7 Å². The monoisotopic (exact) mass is 418 g/mol. The Morgan fingerprint density at radius 2 is 1.63 bits per heavy atom. The minimum Gasteiger partial charge on any atom is -0.323 e. The van der Waals surface area contributed by atoms with Crippen LogP contribution < -0.4 is 5.56 Å². The minimum atomic E-state index is -0.267. The van der Waals surface area contributed by atoms with Crippen LogP contribution in [-0.4, -0.2) is 19.5 Å². The van der Waals surface area contributed by atoms with Gasteiger partial charge in [-0.25, -0.2) is 14.4 Å². The van der Waals surface area contributed by atoms with E-state index in [0.29, 0.717) is 29.4 Å². The van der Waals surface area contributed by atoms with E-state index in [2.05, 4.69) is 15.0 Å². The maximum Gasteiger partial charge on any atom is 0.277 e. The van der Waals surface area contributed by atoms with E-state index in [4.69, 9.17) is 0 Å². The average Bonchev–Trinajstić information content (AvgIpc) is 2.77. The van der Waals surface area contributed by atoms with Gasteiger partial charge >= 0.3 is 0 Å². The molecular formula is C23H19FN4OS. The van der Waals surface area contributed by atoms with Crippen LogP contribution in [0.1, 0.15) is 22.3 Å². The van der Waals surface area contributed by atoms with Gasteiger partial charge in [-0.1, -0.05) is 54.2 Å². The van der Waals surface area contributed by atoms with E-state index >= 15 is 0 Å². The van der Waals surface area contributed by atoms with E-state index in [-0.39, 0.29) is 11.4 Å². The van der Waals surface area contributed by atoms with Gasteiger partial charge in [0.2, 0.25) is 0 Å². The Hall–Kier alpha value is -3.32. The van der Waals surface area contributed by atoms with Gasteiger partial charge in [0.25, 0.3) is 5.56 Å². The van der Waals surface area contributed by atoms with Gasteiger partial charge in [0.05, 0.1) is 0 Å². The Balaban J connectivity index is 1.63. The van der Waals surface area contributed by atoms with Crippen molar-refractivity contribution in [3.63, 3.8) is 0 Å². The number of rotatable bonds is 7. The van der Waals surface area contributed by atoms with Gasteiger partial charge in [-0.15, -0.1) is 0 Å². The fourth-order valence-electron chi connectivity index (χ4n) is 3.02. The zero-order chi connectivity index (χ0) is 20.8. The molecule has 0 aliphatic heterocycles. The molecule has 150 valence electrons. The molecule has 30 heavy (non-hydrogen) atoms. The predicted octanol–water partition coefficient (Wildman–Crippen LogP) is 4.10. The first-order valence-electron chi connectivity index (χ1n) is 9.43. The lowest BCUT2D eigenvalue weighted by Gasteiger charge is -2.14. The summed E-state index contributed by atoms with van der Waals surface area (Å²) in [7, 11) is 0. The summed E-state index contributed by atoms with van der Waals surface area (Å²) in [5.41, 5.74) is 3.26. The van der Waals surface area contributed by atoms with Crippen molar-refractivity contribution in [2.45, 2.75) is 23.9 Å². The summed E-state index contributed by atoms with van der Waals surface area (Å²) in [5, 5.41) is 0.626. The van der Waals surface area contributed by atoms with Gasteiger partial charge in [-0.05, 0) is 28.8 Å². The van der Waals surface area contributed by atoms with Crippen molar-refractivity contribution in [1.29, 1.82) is 0 Å². The highest BCUT2D eigenvalue weighted by atomic mass is 32.2. The second-order valence-corrected chi connectivity index (χ2v) is 7.75. The highest BCUT2D eigenvalue weighted by Crippen LogP contribution is 2.22. The summed E-state index contributed by atoms with van der Waals surface area (Å²) in [6, 6.07) is 16.4. The standard InChI is InChI=1S/C23H19FN4OS/c24-21-8-6-18(7-9-21)15-30-23-27-22(29)20(10-19-11-25-16-26-12-19)14-28(23)13-17-4-2-1-3-5-17/h1-9,11-12,14,16H,10,13,15H2. The second kappa shape index (κ2) is 9.45. The maximum absolute atomic E-state index is 13.2. The number of thioether (sulfide) groups is 1. The molecule has 2 aromatic carbocycles. The summed E-state index contributed by atoms with van der Waals surface area (Å²) in [5.74, 6) is 0.324. The van der Waals surface area contributed by atoms with Gasteiger partial charge in [0.1, 0.15) is 12.1 Å². The summed E-state index contributed by atoms with van der Waals surface area (Å²) >= 11 is 1.46. The summed E-state index contributed by atoms with van der Waals surface area (Å²) in [6.07, 6.45) is 7.15. The molecule has 0 saturated heterocycles. The van der Waals surface area contributed by atoms with Crippen molar-refractivity contribution in [1.82, 2.24) is 19.5 Å². The van der Waals surface area contributed by atoms with E-state index < -0.39 is 0 Å². The third kappa shape index (κ3) is 5.18. The van der Waals surface area contributed by atoms with Crippen molar-refractivity contribution in [2.75, 3.05) is 0 Å². The lowest BCUT2D eigenvalue weighted by atomic mass is 10.1. The first-order chi connectivity index (χ1) is 14.7. The van der Waals surface area contributed by atoms with E-state index in [9.17, 15) is 9.18 Å². The third-order valence-electron chi connectivity index (χ3n) is 4.51. The van der Waals surface area contributed by atoms with Crippen LogP contribution in [0.4, 0.5) is 4.39 Å². The zero-order valence-electron chi connectivity index (χ0n) is 16.1. The Morgan fingerprint density at radius 3 is 2.37 bits per heavy atom. The van der Waals surface area contributed by atoms with Crippen LogP contribution in [0, 0.1) is 5.82 Å². The average molecular weight is 418 g/mol. The van der Waals surface area contributed by atoms with Crippen molar-refractivity contribution in [3.05, 3.63) is 118 Å². The predicted molar refractivity (Wildman–Crippen MR) is 115 cm³/mol. The Morgan fingerprint density at radius 1 is 0.900 bits per heavy atom. The van der Waals surface area contributed by atoms with Gasteiger partial charge in [-0.3, -0.25) is 4.79 Å². The normalized spacial score (nSPS) is 10.8. The molecule has 0 fully saturated rings. The van der Waals surface area contributed by atoms with Crippen LogP contribution in [-0.2, 0) is 18.7 Å². The molecule has 0 bridgehead atoms. The molecule has 4 aromatic rings. The number of halogens is 1. The highest BCUT2D eigenvalue weighted by Gasteiger charge is 2.11. The van der Waals surface area contributed by atoms with Crippen molar-refractivity contribution < 1.29 is 4.39 Å². The SMILES string of the molecule is O=c1nc(SCc2ccc(F)cc2)n(Cc2ccccc2)cc1Cc1cncnc1. The maximum atomic E-state index is 13.2. The fraction of sp³-hybridized carbons (Fsp3) is 0.130. The van der Waals surface area contributed by atoms with Crippen LogP contribution in [0.3, 0.4) is 0 Å². The molecule has 7 heteroatoms. The minimum absolute atomic E-state index is 0.259. The first kappa shape index (κ1) is 20.0. The molecule has 0 spiro atoms. The highest BCUT2D eigenvalue weighted by molar-refractivity contribution is 7.98. The molecule has 2 heterocycles. The van der Waals surface area contributed by atoms with Crippen LogP contribution in [0.25, 0.3) is 0 Å². The van der Waals surface area contributed by atoms with Crippen molar-refractivity contribution >= 4 is 11.8 Å². The van der Waals surface area contributed by atoms with E-state index in [1.54, 1.807) is 24.5 Å². The number of hydrogen-bond acceptors (Lipinski definition) is 5. The second-order valence-electron chi connectivity index (χ2n) is 6.81. The molecule has 2 aromatic heterocycles. The number of nitrogens with zero attached hydrogens (tertiary/aromatic N) is 4. The van der Waals surface area contributed by atoms with Crippen LogP contribution >= 0.6 is 11.8 Å². The smallest absolute Gasteiger partial charge is 0.277 e. The van der Waals surface area contributed by atoms with E-state index in [1.807, 2.05) is 41.1 Å². The summed E-state index contributed by atoms with van der Waals surface area (Å²) in [4.78, 5) is 25.1. The van der Waals surface area contributed by atoms with Crippen LogP contribution in [0.5, 0.6) is 0 Å². The van der Waals surface area contributed by atoms with Gasteiger partial charge < -0.3 is 4.57 Å². The first-order valence-corrected chi connectivity index (χ1v) is 10.4. The van der Waals surface area contributed by atoms with Gasteiger partial charge in [0, 0.05) is 42.9 Å².